The van der Waals surface area contributed by atoms with E-state index in [1.54, 1.807) is 0 Å². The third-order valence-corrected chi connectivity index (χ3v) is 5.12. The van der Waals surface area contributed by atoms with E-state index in [1.807, 2.05) is 57.2 Å². The van der Waals surface area contributed by atoms with Gasteiger partial charge in [-0.25, -0.2) is 0 Å². The van der Waals surface area contributed by atoms with Crippen molar-refractivity contribution in [3.63, 3.8) is 0 Å². The maximum absolute atomic E-state index is 6.34. The van der Waals surface area contributed by atoms with E-state index in [9.17, 15) is 0 Å². The summed E-state index contributed by atoms with van der Waals surface area (Å²) >= 11 is 0. The smallest absolute Gasteiger partial charge is 0.190 e. The molecule has 5 atom stereocenters. The van der Waals surface area contributed by atoms with Crippen molar-refractivity contribution in [2.45, 2.75) is 70.5 Å². The molecule has 2 aliphatic heterocycles. The van der Waals surface area contributed by atoms with E-state index in [0.717, 1.165) is 11.1 Å². The largest absolute Gasteiger partial charge is 0.368 e. The summed E-state index contributed by atoms with van der Waals surface area (Å²) in [6.07, 6.45) is -1.52. The standard InChI is InChI=1S/C23H28O5/c1-16-19(24-14-17-10-6-4-7-11-17)20(25-15-18-12-8-5-9-13-18)21-22(26-16)28-23(2,3)27-21/h4-13,16,19-22H,14-15H2,1-3H3/t16?,19-,20+,21?,22-/m0/s1. The van der Waals surface area contributed by atoms with Crippen LogP contribution in [0.25, 0.3) is 0 Å². The molecule has 2 unspecified atom stereocenters. The lowest BCUT2D eigenvalue weighted by Gasteiger charge is -2.41. The molecule has 28 heavy (non-hydrogen) atoms. The fraction of sp³-hybridized carbons (Fsp3) is 0.478. The lowest BCUT2D eigenvalue weighted by Crippen LogP contribution is -2.57. The average molecular weight is 384 g/mol. The Balaban J connectivity index is 1.51. The lowest BCUT2D eigenvalue weighted by atomic mass is 9.99. The summed E-state index contributed by atoms with van der Waals surface area (Å²) < 4.78 is 30.8. The van der Waals surface area contributed by atoms with Crippen LogP contribution >= 0.6 is 0 Å². The van der Waals surface area contributed by atoms with Crippen molar-refractivity contribution in [3.8, 4) is 0 Å². The van der Waals surface area contributed by atoms with Crippen LogP contribution in [0, 0.1) is 0 Å². The Morgan fingerprint density at radius 2 is 1.32 bits per heavy atom. The Morgan fingerprint density at radius 1 is 0.786 bits per heavy atom. The number of benzene rings is 2. The molecule has 0 amide bonds. The van der Waals surface area contributed by atoms with Gasteiger partial charge in [-0.05, 0) is 31.9 Å². The molecule has 0 N–H and O–H groups in total. The van der Waals surface area contributed by atoms with Gasteiger partial charge >= 0.3 is 0 Å². The van der Waals surface area contributed by atoms with Crippen LogP contribution in [-0.4, -0.2) is 36.5 Å². The maximum atomic E-state index is 6.34. The summed E-state index contributed by atoms with van der Waals surface area (Å²) in [7, 11) is 0. The monoisotopic (exact) mass is 384 g/mol. The number of hydrogen-bond acceptors (Lipinski definition) is 5. The van der Waals surface area contributed by atoms with Crippen molar-refractivity contribution in [2.24, 2.45) is 0 Å². The summed E-state index contributed by atoms with van der Waals surface area (Å²) in [5, 5.41) is 0. The summed E-state index contributed by atoms with van der Waals surface area (Å²) in [6.45, 7) is 6.77. The van der Waals surface area contributed by atoms with Crippen LogP contribution in [0.3, 0.4) is 0 Å². The molecule has 0 bridgehead atoms. The molecule has 0 aromatic heterocycles. The Morgan fingerprint density at radius 3 is 1.89 bits per heavy atom. The molecule has 5 nitrogen and oxygen atoms in total. The molecule has 150 valence electrons. The maximum Gasteiger partial charge on any atom is 0.190 e. The third kappa shape index (κ3) is 4.45. The minimum Gasteiger partial charge on any atom is -0.368 e. The fourth-order valence-electron chi connectivity index (χ4n) is 3.78. The minimum absolute atomic E-state index is 0.178. The van der Waals surface area contributed by atoms with Crippen molar-refractivity contribution in [2.75, 3.05) is 0 Å². The molecule has 2 saturated heterocycles. The van der Waals surface area contributed by atoms with E-state index in [2.05, 4.69) is 24.3 Å². The molecular formula is C23H28O5. The zero-order chi connectivity index (χ0) is 19.6. The summed E-state index contributed by atoms with van der Waals surface area (Å²) in [4.78, 5) is 0. The molecule has 2 aromatic carbocycles. The lowest BCUT2D eigenvalue weighted by molar-refractivity contribution is -0.266. The molecular weight excluding hydrogens is 356 g/mol. The first-order valence-electron chi connectivity index (χ1n) is 9.84. The molecule has 5 heteroatoms. The van der Waals surface area contributed by atoms with E-state index >= 15 is 0 Å². The van der Waals surface area contributed by atoms with Gasteiger partial charge in [0.2, 0.25) is 0 Å². The molecule has 2 aliphatic rings. The van der Waals surface area contributed by atoms with Crippen molar-refractivity contribution in [3.05, 3.63) is 71.8 Å². The van der Waals surface area contributed by atoms with Crippen LogP contribution in [-0.2, 0) is 36.9 Å². The Kier molecular flexibility index (Phi) is 5.80. The number of hydrogen-bond donors (Lipinski definition) is 0. The molecule has 2 fully saturated rings. The molecule has 0 radical (unpaired) electrons. The second-order valence-electron chi connectivity index (χ2n) is 7.83. The second-order valence-corrected chi connectivity index (χ2v) is 7.83. The van der Waals surface area contributed by atoms with E-state index in [1.165, 1.54) is 0 Å². The van der Waals surface area contributed by atoms with Crippen LogP contribution in [0.4, 0.5) is 0 Å². The van der Waals surface area contributed by atoms with Crippen LogP contribution in [0.1, 0.15) is 31.9 Å². The molecule has 2 aromatic rings. The predicted octanol–water partition coefficient (Wildman–Crippen LogP) is 4.05. The molecule has 2 heterocycles. The van der Waals surface area contributed by atoms with Gasteiger partial charge in [0.25, 0.3) is 0 Å². The highest BCUT2D eigenvalue weighted by molar-refractivity contribution is 5.14. The van der Waals surface area contributed by atoms with E-state index < -0.39 is 12.1 Å². The highest BCUT2D eigenvalue weighted by atomic mass is 16.8. The van der Waals surface area contributed by atoms with Gasteiger partial charge in [-0.15, -0.1) is 0 Å². The quantitative estimate of drug-likeness (QED) is 0.752. The van der Waals surface area contributed by atoms with Crippen molar-refractivity contribution in [1.29, 1.82) is 0 Å². The fourth-order valence-corrected chi connectivity index (χ4v) is 3.78. The van der Waals surface area contributed by atoms with E-state index in [-0.39, 0.29) is 24.4 Å². The molecule has 0 aliphatic carbocycles. The van der Waals surface area contributed by atoms with Crippen molar-refractivity contribution in [1.82, 2.24) is 0 Å². The highest BCUT2D eigenvalue weighted by Gasteiger charge is 2.54. The zero-order valence-electron chi connectivity index (χ0n) is 16.6. The first kappa shape index (κ1) is 19.6. The van der Waals surface area contributed by atoms with E-state index in [0.29, 0.717) is 13.2 Å². The van der Waals surface area contributed by atoms with Gasteiger partial charge in [-0.1, -0.05) is 60.7 Å². The SMILES string of the molecule is CC1O[C@H]2OC(C)(C)OC2[C@H](OCc2ccccc2)[C@H]1OCc1ccccc1. The van der Waals surface area contributed by atoms with Gasteiger partial charge in [0.1, 0.15) is 18.3 Å². The first-order valence-corrected chi connectivity index (χ1v) is 9.84. The van der Waals surface area contributed by atoms with Crippen LogP contribution in [0.2, 0.25) is 0 Å². The third-order valence-electron chi connectivity index (χ3n) is 5.12. The van der Waals surface area contributed by atoms with Gasteiger partial charge in [-0.2, -0.15) is 0 Å². The van der Waals surface area contributed by atoms with Gasteiger partial charge < -0.3 is 23.7 Å². The summed E-state index contributed by atoms with van der Waals surface area (Å²) in [5.74, 6) is -0.711. The molecule has 0 saturated carbocycles. The molecule has 4 rings (SSSR count). The Labute approximate surface area is 166 Å². The highest BCUT2D eigenvalue weighted by Crippen LogP contribution is 2.38. The van der Waals surface area contributed by atoms with Crippen molar-refractivity contribution < 1.29 is 23.7 Å². The number of fused-ring (bicyclic) bond motifs is 1. The van der Waals surface area contributed by atoms with Gasteiger partial charge in [0.15, 0.2) is 12.1 Å². The Hall–Kier alpha value is -1.76. The van der Waals surface area contributed by atoms with Gasteiger partial charge in [0.05, 0.1) is 19.3 Å². The van der Waals surface area contributed by atoms with Crippen molar-refractivity contribution >= 4 is 0 Å². The van der Waals surface area contributed by atoms with Crippen LogP contribution in [0.15, 0.2) is 60.7 Å². The Bertz CT molecular complexity index is 748. The normalized spacial score (nSPS) is 31.5. The number of rotatable bonds is 6. The first-order chi connectivity index (χ1) is 13.5. The second kappa shape index (κ2) is 8.31. The van der Waals surface area contributed by atoms with E-state index in [4.69, 9.17) is 23.7 Å². The summed E-state index contributed by atoms with van der Waals surface area (Å²) in [6, 6.07) is 20.2. The molecule has 0 spiro atoms. The minimum atomic E-state index is -0.711. The van der Waals surface area contributed by atoms with Gasteiger partial charge in [0, 0.05) is 0 Å². The number of ether oxygens (including phenoxy) is 5. The van der Waals surface area contributed by atoms with Crippen LogP contribution < -0.4 is 0 Å². The zero-order valence-corrected chi connectivity index (χ0v) is 16.6. The van der Waals surface area contributed by atoms with Gasteiger partial charge in [-0.3, -0.25) is 0 Å². The average Bonchev–Trinajstić information content (AvgIpc) is 3.00. The predicted molar refractivity (Wildman–Crippen MR) is 104 cm³/mol. The topological polar surface area (TPSA) is 46.2 Å². The summed E-state index contributed by atoms with van der Waals surface area (Å²) in [5.41, 5.74) is 2.22. The van der Waals surface area contributed by atoms with Crippen LogP contribution in [0.5, 0.6) is 0 Å².